The van der Waals surface area contributed by atoms with Crippen molar-refractivity contribution < 1.29 is 18.0 Å². The lowest BCUT2D eigenvalue weighted by Gasteiger charge is -2.34. The number of hydrogen-bond acceptors (Lipinski definition) is 4. The lowest BCUT2D eigenvalue weighted by Crippen LogP contribution is -2.53. The predicted molar refractivity (Wildman–Crippen MR) is 174 cm³/mol. The fourth-order valence-corrected chi connectivity index (χ4v) is 6.62. The third-order valence-electron chi connectivity index (χ3n) is 7.00. The van der Waals surface area contributed by atoms with Crippen LogP contribution in [-0.4, -0.2) is 44.3 Å². The van der Waals surface area contributed by atoms with Crippen LogP contribution in [0.25, 0.3) is 0 Å². The maximum Gasteiger partial charge on any atom is 0.264 e. The number of nitrogens with zero attached hydrogens (tertiary/aromatic N) is 2. The molecular formula is C34H36BrN3O4S. The first kappa shape index (κ1) is 32.0. The number of halogens is 1. The smallest absolute Gasteiger partial charge is 0.264 e. The summed E-state index contributed by atoms with van der Waals surface area (Å²) in [5.41, 5.74) is 2.05. The molecule has 1 atom stereocenters. The Bertz CT molecular complexity index is 1590. The van der Waals surface area contributed by atoms with Crippen LogP contribution in [-0.2, 0) is 32.6 Å². The number of amides is 2. The Morgan fingerprint density at radius 1 is 0.814 bits per heavy atom. The molecule has 0 aromatic heterocycles. The summed E-state index contributed by atoms with van der Waals surface area (Å²) in [5, 5.41) is 3.00. The Morgan fingerprint density at radius 2 is 1.42 bits per heavy atom. The van der Waals surface area contributed by atoms with Crippen LogP contribution in [0.15, 0.2) is 125 Å². The minimum absolute atomic E-state index is 0.0725. The Kier molecular flexibility index (Phi) is 11.5. The van der Waals surface area contributed by atoms with E-state index < -0.39 is 28.5 Å². The number of rotatable bonds is 14. The lowest BCUT2D eigenvalue weighted by atomic mass is 10.0. The second-order valence-electron chi connectivity index (χ2n) is 10.2. The Balaban J connectivity index is 1.76. The molecular weight excluding hydrogens is 626 g/mol. The van der Waals surface area contributed by atoms with Gasteiger partial charge in [-0.25, -0.2) is 8.42 Å². The zero-order valence-corrected chi connectivity index (χ0v) is 26.5. The second-order valence-corrected chi connectivity index (χ2v) is 12.9. The van der Waals surface area contributed by atoms with Crippen LogP contribution in [0, 0.1) is 0 Å². The molecule has 224 valence electrons. The average molecular weight is 663 g/mol. The van der Waals surface area contributed by atoms with E-state index in [0.29, 0.717) is 12.2 Å². The van der Waals surface area contributed by atoms with E-state index in [1.165, 1.54) is 17.0 Å². The number of hydrogen-bond donors (Lipinski definition) is 1. The van der Waals surface area contributed by atoms with Crippen molar-refractivity contribution in [1.82, 2.24) is 10.2 Å². The van der Waals surface area contributed by atoms with E-state index in [1.54, 1.807) is 48.5 Å². The molecule has 43 heavy (non-hydrogen) atoms. The topological polar surface area (TPSA) is 86.8 Å². The third kappa shape index (κ3) is 8.78. The molecule has 9 heteroatoms. The maximum absolute atomic E-state index is 14.4. The first-order chi connectivity index (χ1) is 20.8. The molecule has 0 bridgehead atoms. The number of anilines is 1. The van der Waals surface area contributed by atoms with Crippen LogP contribution in [0.2, 0.25) is 0 Å². The lowest BCUT2D eigenvalue weighted by molar-refractivity contribution is -0.140. The van der Waals surface area contributed by atoms with Crippen molar-refractivity contribution in [2.45, 2.75) is 43.7 Å². The number of unbranched alkanes of at least 4 members (excludes halogenated alkanes) is 1. The van der Waals surface area contributed by atoms with Crippen molar-refractivity contribution >= 4 is 43.5 Å². The third-order valence-corrected chi connectivity index (χ3v) is 9.28. The second kappa shape index (κ2) is 15.5. The van der Waals surface area contributed by atoms with Crippen molar-refractivity contribution in [2.24, 2.45) is 0 Å². The van der Waals surface area contributed by atoms with Gasteiger partial charge in [-0.05, 0) is 53.9 Å². The molecule has 4 rings (SSSR count). The van der Waals surface area contributed by atoms with Gasteiger partial charge in [-0.15, -0.1) is 0 Å². The van der Waals surface area contributed by atoms with Crippen molar-refractivity contribution in [3.63, 3.8) is 0 Å². The summed E-state index contributed by atoms with van der Waals surface area (Å²) >= 11 is 3.50. The van der Waals surface area contributed by atoms with Crippen molar-refractivity contribution in [3.8, 4) is 0 Å². The van der Waals surface area contributed by atoms with E-state index in [-0.39, 0.29) is 23.8 Å². The zero-order valence-electron chi connectivity index (χ0n) is 24.1. The SMILES string of the molecule is CCCCNC(=O)[C@@H](Cc1ccccc1)N(Cc1cccc(Br)c1)C(=O)CN(c1ccccc1)S(=O)(=O)c1ccccc1. The molecule has 0 unspecified atom stereocenters. The van der Waals surface area contributed by atoms with Gasteiger partial charge in [0.05, 0.1) is 10.6 Å². The highest BCUT2D eigenvalue weighted by Gasteiger charge is 2.34. The fourth-order valence-electron chi connectivity index (χ4n) is 4.73. The molecule has 0 saturated heterocycles. The summed E-state index contributed by atoms with van der Waals surface area (Å²) in [4.78, 5) is 29.7. The average Bonchev–Trinajstić information content (AvgIpc) is 3.03. The van der Waals surface area contributed by atoms with E-state index >= 15 is 0 Å². The Labute approximate surface area is 262 Å². The summed E-state index contributed by atoms with van der Waals surface area (Å²) in [7, 11) is -4.11. The molecule has 0 aliphatic carbocycles. The van der Waals surface area contributed by atoms with Gasteiger partial charge in [-0.3, -0.25) is 13.9 Å². The number of sulfonamides is 1. The van der Waals surface area contributed by atoms with Gasteiger partial charge in [0.2, 0.25) is 11.8 Å². The molecule has 0 aliphatic heterocycles. The molecule has 2 amide bonds. The van der Waals surface area contributed by atoms with E-state index in [1.807, 2.05) is 61.5 Å². The van der Waals surface area contributed by atoms with Gasteiger partial charge in [0.15, 0.2) is 0 Å². The van der Waals surface area contributed by atoms with Gasteiger partial charge in [0.1, 0.15) is 12.6 Å². The molecule has 0 fully saturated rings. The minimum Gasteiger partial charge on any atom is -0.354 e. The van der Waals surface area contributed by atoms with Gasteiger partial charge < -0.3 is 10.2 Å². The van der Waals surface area contributed by atoms with E-state index in [0.717, 1.165) is 32.7 Å². The standard InChI is InChI=1S/C34H36BrN3O4S/c1-2-3-22-36-34(40)32(24-27-14-7-4-8-15-27)37(25-28-16-13-17-29(35)23-28)33(39)26-38(30-18-9-5-10-19-30)43(41,42)31-20-11-6-12-21-31/h4-21,23,32H,2-3,22,24-26H2,1H3,(H,36,40)/t32-/m1/s1. The van der Waals surface area contributed by atoms with Gasteiger partial charge >= 0.3 is 0 Å². The Morgan fingerprint density at radius 3 is 2.05 bits per heavy atom. The first-order valence-corrected chi connectivity index (χ1v) is 16.5. The number of carbonyl (C=O) groups excluding carboxylic acids is 2. The van der Waals surface area contributed by atoms with E-state index in [4.69, 9.17) is 0 Å². The number of benzene rings is 4. The minimum atomic E-state index is -4.11. The van der Waals surface area contributed by atoms with Gasteiger partial charge in [0, 0.05) is 24.0 Å². The summed E-state index contributed by atoms with van der Waals surface area (Å²) in [6, 6.07) is 32.8. The Hall–Kier alpha value is -3.95. The van der Waals surface area contributed by atoms with E-state index in [2.05, 4.69) is 21.2 Å². The number of nitrogens with one attached hydrogen (secondary N) is 1. The molecule has 0 radical (unpaired) electrons. The molecule has 1 N–H and O–H groups in total. The molecule has 0 spiro atoms. The van der Waals surface area contributed by atoms with Crippen molar-refractivity contribution in [2.75, 3.05) is 17.4 Å². The van der Waals surface area contributed by atoms with Crippen molar-refractivity contribution in [3.05, 3.63) is 131 Å². The molecule has 0 saturated carbocycles. The predicted octanol–water partition coefficient (Wildman–Crippen LogP) is 6.20. The molecule has 0 heterocycles. The maximum atomic E-state index is 14.4. The number of para-hydroxylation sites is 1. The highest BCUT2D eigenvalue weighted by molar-refractivity contribution is 9.10. The fraction of sp³-hybridized carbons (Fsp3) is 0.235. The monoisotopic (exact) mass is 661 g/mol. The van der Waals surface area contributed by atoms with Gasteiger partial charge in [-0.2, -0.15) is 0 Å². The highest BCUT2D eigenvalue weighted by atomic mass is 79.9. The van der Waals surface area contributed by atoms with Crippen LogP contribution in [0.5, 0.6) is 0 Å². The molecule has 4 aromatic rings. The van der Waals surface area contributed by atoms with Crippen LogP contribution in [0.1, 0.15) is 30.9 Å². The van der Waals surface area contributed by atoms with Crippen LogP contribution >= 0.6 is 15.9 Å². The molecule has 4 aromatic carbocycles. The normalized spacial score (nSPS) is 11.9. The van der Waals surface area contributed by atoms with Crippen molar-refractivity contribution in [1.29, 1.82) is 0 Å². The summed E-state index contributed by atoms with van der Waals surface area (Å²) < 4.78 is 29.8. The largest absolute Gasteiger partial charge is 0.354 e. The highest BCUT2D eigenvalue weighted by Crippen LogP contribution is 2.25. The zero-order chi connectivity index (χ0) is 30.7. The van der Waals surface area contributed by atoms with Crippen LogP contribution in [0.3, 0.4) is 0 Å². The van der Waals surface area contributed by atoms with Crippen LogP contribution in [0.4, 0.5) is 5.69 Å². The van der Waals surface area contributed by atoms with Crippen LogP contribution < -0.4 is 9.62 Å². The molecule has 7 nitrogen and oxygen atoms in total. The first-order valence-electron chi connectivity index (χ1n) is 14.3. The van der Waals surface area contributed by atoms with E-state index in [9.17, 15) is 18.0 Å². The summed E-state index contributed by atoms with van der Waals surface area (Å²) in [6.45, 7) is 2.16. The van der Waals surface area contributed by atoms with Gasteiger partial charge in [0.25, 0.3) is 10.0 Å². The summed E-state index contributed by atoms with van der Waals surface area (Å²) in [5.74, 6) is -0.771. The molecule has 0 aliphatic rings. The van der Waals surface area contributed by atoms with Gasteiger partial charge in [-0.1, -0.05) is 108 Å². The quantitative estimate of drug-likeness (QED) is 0.163. The number of carbonyl (C=O) groups is 2. The summed E-state index contributed by atoms with van der Waals surface area (Å²) in [6.07, 6.45) is 1.99.